The Bertz CT molecular complexity index is 1210. The van der Waals surface area contributed by atoms with Crippen molar-refractivity contribution in [2.75, 3.05) is 31.7 Å². The molecule has 1 fully saturated rings. The van der Waals surface area contributed by atoms with E-state index in [2.05, 4.69) is 29.2 Å². The number of piperidine rings is 1. The number of rotatable bonds is 4. The number of fused-ring (bicyclic) bond motifs is 4. The number of aliphatic hydroxyl groups is 1. The molecule has 0 saturated carbocycles. The second-order valence-corrected chi connectivity index (χ2v) is 10.2. The van der Waals surface area contributed by atoms with Gasteiger partial charge in [0, 0.05) is 20.2 Å². The minimum absolute atomic E-state index is 0. The number of methoxy groups -OCH3 is 1. The number of carbonyl (C=O) groups excluding carboxylic acids is 1. The number of anilines is 1. The third kappa shape index (κ3) is 3.76. The van der Waals surface area contributed by atoms with Crippen LogP contribution < -0.4 is 10.6 Å². The second-order valence-electron chi connectivity index (χ2n) is 10.2. The number of aliphatic hydroxyl groups excluding tert-OH is 1. The van der Waals surface area contributed by atoms with E-state index in [1.54, 1.807) is 7.11 Å². The van der Waals surface area contributed by atoms with Gasteiger partial charge in [-0.15, -0.1) is 12.4 Å². The van der Waals surface area contributed by atoms with E-state index in [1.807, 2.05) is 18.2 Å². The average molecular weight is 473 g/mol. The van der Waals surface area contributed by atoms with Crippen molar-refractivity contribution in [3.63, 3.8) is 0 Å². The summed E-state index contributed by atoms with van der Waals surface area (Å²) in [6, 6.07) is 8.01. The lowest BCUT2D eigenvalue weighted by atomic mass is 9.73. The first-order valence-electron chi connectivity index (χ1n) is 11.4. The van der Waals surface area contributed by atoms with Crippen LogP contribution in [0.3, 0.4) is 0 Å². The molecule has 0 bridgehead atoms. The van der Waals surface area contributed by atoms with Gasteiger partial charge in [0.05, 0.1) is 28.8 Å². The van der Waals surface area contributed by atoms with Crippen LogP contribution in [0.25, 0.3) is 16.7 Å². The highest BCUT2D eigenvalue weighted by Gasteiger charge is 2.38. The molecule has 7 nitrogen and oxygen atoms in total. The average Bonchev–Trinajstić information content (AvgIpc) is 3.15. The molecule has 0 atom stereocenters. The van der Waals surface area contributed by atoms with E-state index in [1.165, 1.54) is 5.56 Å². The number of nitrogens with zero attached hydrogens (tertiary/aromatic N) is 3. The highest BCUT2D eigenvalue weighted by Crippen LogP contribution is 2.44. The summed E-state index contributed by atoms with van der Waals surface area (Å²) in [4.78, 5) is 19.9. The Kier molecular flexibility index (Phi) is 6.10. The summed E-state index contributed by atoms with van der Waals surface area (Å²) in [7, 11) is 1.68. The van der Waals surface area contributed by atoms with Crippen molar-refractivity contribution >= 4 is 40.8 Å². The largest absolute Gasteiger partial charge is 0.393 e. The van der Waals surface area contributed by atoms with Crippen LogP contribution in [-0.4, -0.2) is 52.8 Å². The van der Waals surface area contributed by atoms with Gasteiger partial charge in [0.1, 0.15) is 5.82 Å². The van der Waals surface area contributed by atoms with Gasteiger partial charge < -0.3 is 20.5 Å². The number of hydrogen-bond donors (Lipinski definition) is 2. The number of nitrogens with two attached hydrogens (primary N) is 1. The summed E-state index contributed by atoms with van der Waals surface area (Å²) in [6.45, 7) is 6.12. The van der Waals surface area contributed by atoms with Crippen molar-refractivity contribution in [3.05, 3.63) is 41.0 Å². The highest BCUT2D eigenvalue weighted by molar-refractivity contribution is 6.03. The third-order valence-corrected chi connectivity index (χ3v) is 7.58. The van der Waals surface area contributed by atoms with E-state index in [0.29, 0.717) is 11.2 Å². The molecule has 5 rings (SSSR count). The molecule has 1 aliphatic heterocycles. The van der Waals surface area contributed by atoms with Gasteiger partial charge in [-0.05, 0) is 60.8 Å². The zero-order chi connectivity index (χ0) is 22.7. The van der Waals surface area contributed by atoms with Crippen molar-refractivity contribution < 1.29 is 14.6 Å². The van der Waals surface area contributed by atoms with E-state index >= 15 is 0 Å². The molecular weight excluding hydrogens is 440 g/mol. The number of amides is 1. The number of primary amides is 1. The fourth-order valence-electron chi connectivity index (χ4n) is 5.60. The molecule has 0 unspecified atom stereocenters. The summed E-state index contributed by atoms with van der Waals surface area (Å²) >= 11 is 0. The zero-order valence-corrected chi connectivity index (χ0v) is 20.4. The molecule has 1 aliphatic carbocycles. The first-order chi connectivity index (χ1) is 15.3. The van der Waals surface area contributed by atoms with Gasteiger partial charge in [0.2, 0.25) is 0 Å². The number of para-hydroxylation sites is 2. The molecule has 1 aromatic carbocycles. The van der Waals surface area contributed by atoms with Gasteiger partial charge in [-0.2, -0.15) is 0 Å². The van der Waals surface area contributed by atoms with Gasteiger partial charge in [0.25, 0.3) is 5.91 Å². The van der Waals surface area contributed by atoms with E-state index < -0.39 is 11.5 Å². The predicted molar refractivity (Wildman–Crippen MR) is 133 cm³/mol. The zero-order valence-electron chi connectivity index (χ0n) is 19.6. The minimum Gasteiger partial charge on any atom is -0.393 e. The maximum atomic E-state index is 12.7. The topological polar surface area (TPSA) is 93.1 Å². The quantitative estimate of drug-likeness (QED) is 0.606. The van der Waals surface area contributed by atoms with Crippen LogP contribution in [0.2, 0.25) is 0 Å². The van der Waals surface area contributed by atoms with Gasteiger partial charge in [-0.3, -0.25) is 9.20 Å². The Morgan fingerprint density at radius 3 is 2.52 bits per heavy atom. The van der Waals surface area contributed by atoms with Gasteiger partial charge in [-0.25, -0.2) is 4.98 Å². The van der Waals surface area contributed by atoms with E-state index in [9.17, 15) is 9.90 Å². The first-order valence-corrected chi connectivity index (χ1v) is 11.4. The van der Waals surface area contributed by atoms with E-state index in [-0.39, 0.29) is 24.4 Å². The van der Waals surface area contributed by atoms with Crippen LogP contribution in [0, 0.1) is 5.41 Å². The van der Waals surface area contributed by atoms with Crippen LogP contribution in [-0.2, 0) is 17.6 Å². The summed E-state index contributed by atoms with van der Waals surface area (Å²) in [5.41, 5.74) is 10.9. The van der Waals surface area contributed by atoms with Gasteiger partial charge in [0.15, 0.2) is 5.65 Å². The van der Waals surface area contributed by atoms with Crippen LogP contribution in [0.4, 0.5) is 5.82 Å². The molecule has 0 radical (unpaired) electrons. The predicted octanol–water partition coefficient (Wildman–Crippen LogP) is 3.50. The van der Waals surface area contributed by atoms with Gasteiger partial charge in [-0.1, -0.05) is 26.0 Å². The van der Waals surface area contributed by atoms with E-state index in [4.69, 9.17) is 15.5 Å². The Balaban J connectivity index is 0.00000259. The number of halogens is 1. The molecule has 1 saturated heterocycles. The summed E-state index contributed by atoms with van der Waals surface area (Å²) < 4.78 is 7.84. The summed E-state index contributed by atoms with van der Waals surface area (Å²) in [5, 5.41) is 9.93. The van der Waals surface area contributed by atoms with Crippen molar-refractivity contribution in [1.82, 2.24) is 9.38 Å². The van der Waals surface area contributed by atoms with Crippen LogP contribution in [0.5, 0.6) is 0 Å². The molecule has 3 aromatic rings. The Morgan fingerprint density at radius 2 is 1.88 bits per heavy atom. The number of imidazole rings is 1. The maximum Gasteiger partial charge on any atom is 0.252 e. The number of hydrogen-bond acceptors (Lipinski definition) is 5. The standard InChI is InChI=1S/C25H32N4O3.ClH/c1-24(2)9-8-16-17(14-24)23(28-12-10-25(15-30,32-3)11-13-28)29-19-7-5-4-6-18(19)27-22(29)20(16)21(26)31;/h4-7,30H,8-15H2,1-3H3,(H2,26,31);1H. The lowest BCUT2D eigenvalue weighted by Gasteiger charge is -2.43. The lowest BCUT2D eigenvalue weighted by molar-refractivity contribution is -0.0673. The number of benzene rings is 1. The van der Waals surface area contributed by atoms with Crippen molar-refractivity contribution in [2.45, 2.75) is 51.6 Å². The monoisotopic (exact) mass is 472 g/mol. The summed E-state index contributed by atoms with van der Waals surface area (Å²) in [5.74, 6) is 0.703. The van der Waals surface area contributed by atoms with Crippen LogP contribution >= 0.6 is 12.4 Å². The Hall–Kier alpha value is -2.35. The molecule has 2 aliphatic rings. The SMILES string of the molecule is COC1(CO)CCN(c2c3c(c(C(N)=O)c4nc5ccccc5n24)CCC(C)(C)C3)CC1.Cl. The maximum absolute atomic E-state index is 12.7. The molecule has 178 valence electrons. The summed E-state index contributed by atoms with van der Waals surface area (Å²) in [6.07, 6.45) is 4.19. The minimum atomic E-state index is -0.487. The van der Waals surface area contributed by atoms with Crippen LogP contribution in [0.15, 0.2) is 24.3 Å². The molecule has 8 heteroatoms. The number of ether oxygens (including phenoxy) is 1. The fraction of sp³-hybridized carbons (Fsp3) is 0.520. The molecular formula is C25H33ClN4O3. The van der Waals surface area contributed by atoms with Crippen molar-refractivity contribution in [1.29, 1.82) is 0 Å². The molecule has 33 heavy (non-hydrogen) atoms. The normalized spacial score (nSPS) is 19.3. The molecule has 3 N–H and O–H groups in total. The van der Waals surface area contributed by atoms with E-state index in [0.717, 1.165) is 67.6 Å². The second kappa shape index (κ2) is 8.46. The van der Waals surface area contributed by atoms with Crippen molar-refractivity contribution in [3.8, 4) is 0 Å². The number of carbonyl (C=O) groups is 1. The Labute approximate surface area is 200 Å². The Morgan fingerprint density at radius 1 is 1.18 bits per heavy atom. The molecule has 0 spiro atoms. The molecule has 3 heterocycles. The van der Waals surface area contributed by atoms with Gasteiger partial charge >= 0.3 is 0 Å². The number of pyridine rings is 1. The molecule has 1 amide bonds. The third-order valence-electron chi connectivity index (χ3n) is 7.58. The molecule has 2 aromatic heterocycles. The highest BCUT2D eigenvalue weighted by atomic mass is 35.5. The fourth-order valence-corrected chi connectivity index (χ4v) is 5.60. The van der Waals surface area contributed by atoms with Crippen LogP contribution in [0.1, 0.15) is 54.6 Å². The number of aromatic nitrogens is 2. The lowest BCUT2D eigenvalue weighted by Crippen LogP contribution is -2.49. The smallest absolute Gasteiger partial charge is 0.252 e. The van der Waals surface area contributed by atoms with Crippen molar-refractivity contribution in [2.24, 2.45) is 11.1 Å². The first kappa shape index (κ1) is 23.8.